The molecule has 3 rings (SSSR count). The van der Waals surface area contributed by atoms with Gasteiger partial charge >= 0.3 is 0 Å². The molecule has 0 saturated carbocycles. The van der Waals surface area contributed by atoms with Crippen LogP contribution >= 0.6 is 11.6 Å². The third kappa shape index (κ3) is 4.10. The Balaban J connectivity index is 1.60. The standard InChI is InChI=1S/C20H22ClFN2O2/c1-13-3-4-15(21)9-18(13)24-8-7-14(12-24)11-23-20(25)17-10-16(22)5-6-19(17)26-2/h3-6,9-10,14H,7-8,11-12H2,1-2H3,(H,23,25). The first-order chi connectivity index (χ1) is 12.5. The normalized spacial score (nSPS) is 16.6. The summed E-state index contributed by atoms with van der Waals surface area (Å²) >= 11 is 6.12. The van der Waals surface area contributed by atoms with Gasteiger partial charge in [-0.2, -0.15) is 0 Å². The Morgan fingerprint density at radius 3 is 2.92 bits per heavy atom. The van der Waals surface area contributed by atoms with Crippen LogP contribution < -0.4 is 15.0 Å². The Labute approximate surface area is 157 Å². The molecule has 1 aliphatic heterocycles. The molecule has 2 aromatic rings. The molecule has 4 nitrogen and oxygen atoms in total. The number of aryl methyl sites for hydroxylation is 1. The van der Waals surface area contributed by atoms with Crippen molar-refractivity contribution in [2.24, 2.45) is 5.92 Å². The van der Waals surface area contributed by atoms with Crippen molar-refractivity contribution in [3.8, 4) is 5.75 Å². The van der Waals surface area contributed by atoms with Crippen LogP contribution in [-0.2, 0) is 0 Å². The first-order valence-electron chi connectivity index (χ1n) is 8.60. The van der Waals surface area contributed by atoms with E-state index < -0.39 is 5.82 Å². The fourth-order valence-corrected chi connectivity index (χ4v) is 3.50. The number of carbonyl (C=O) groups is 1. The average molecular weight is 377 g/mol. The van der Waals surface area contributed by atoms with Gasteiger partial charge in [0.25, 0.3) is 5.91 Å². The minimum Gasteiger partial charge on any atom is -0.496 e. The molecule has 0 aliphatic carbocycles. The van der Waals surface area contributed by atoms with Crippen molar-refractivity contribution >= 4 is 23.2 Å². The number of nitrogens with one attached hydrogen (secondary N) is 1. The highest BCUT2D eigenvalue weighted by atomic mass is 35.5. The van der Waals surface area contributed by atoms with Crippen LogP contribution in [0.25, 0.3) is 0 Å². The quantitative estimate of drug-likeness (QED) is 0.855. The molecule has 1 N–H and O–H groups in total. The van der Waals surface area contributed by atoms with Crippen LogP contribution in [0.5, 0.6) is 5.75 Å². The van der Waals surface area contributed by atoms with E-state index in [1.165, 1.54) is 30.9 Å². The number of hydrogen-bond donors (Lipinski definition) is 1. The van der Waals surface area contributed by atoms with Crippen LogP contribution in [0.3, 0.4) is 0 Å². The number of ether oxygens (including phenoxy) is 1. The zero-order chi connectivity index (χ0) is 18.7. The number of nitrogens with zero attached hydrogens (tertiary/aromatic N) is 1. The Hall–Kier alpha value is -2.27. The van der Waals surface area contributed by atoms with Gasteiger partial charge in [0.05, 0.1) is 12.7 Å². The van der Waals surface area contributed by atoms with Gasteiger partial charge in [-0.3, -0.25) is 4.79 Å². The molecule has 1 saturated heterocycles. The summed E-state index contributed by atoms with van der Waals surface area (Å²) in [5.41, 5.74) is 2.54. The van der Waals surface area contributed by atoms with Crippen LogP contribution in [-0.4, -0.2) is 32.7 Å². The van der Waals surface area contributed by atoms with Crippen molar-refractivity contribution in [1.82, 2.24) is 5.32 Å². The van der Waals surface area contributed by atoms with Crippen molar-refractivity contribution < 1.29 is 13.9 Å². The van der Waals surface area contributed by atoms with Gasteiger partial charge in [0.2, 0.25) is 0 Å². The Bertz CT molecular complexity index is 812. The summed E-state index contributed by atoms with van der Waals surface area (Å²) in [4.78, 5) is 14.7. The molecule has 1 unspecified atom stereocenters. The summed E-state index contributed by atoms with van der Waals surface area (Å²) in [5.74, 6) is -0.0819. The number of benzene rings is 2. The van der Waals surface area contributed by atoms with E-state index in [2.05, 4.69) is 17.1 Å². The number of rotatable bonds is 5. The molecule has 0 spiro atoms. The van der Waals surface area contributed by atoms with Crippen molar-refractivity contribution in [3.05, 3.63) is 58.4 Å². The lowest BCUT2D eigenvalue weighted by atomic mass is 10.1. The second-order valence-electron chi connectivity index (χ2n) is 6.59. The second kappa shape index (κ2) is 7.96. The van der Waals surface area contributed by atoms with Gasteiger partial charge in [0.1, 0.15) is 11.6 Å². The van der Waals surface area contributed by atoms with Crippen LogP contribution in [0.4, 0.5) is 10.1 Å². The number of amides is 1. The fraction of sp³-hybridized carbons (Fsp3) is 0.350. The smallest absolute Gasteiger partial charge is 0.255 e. The van der Waals surface area contributed by atoms with Gasteiger partial charge in [-0.1, -0.05) is 17.7 Å². The molecule has 138 valence electrons. The summed E-state index contributed by atoms with van der Waals surface area (Å²) < 4.78 is 18.6. The summed E-state index contributed by atoms with van der Waals surface area (Å²) in [6, 6.07) is 9.82. The highest BCUT2D eigenvalue weighted by Crippen LogP contribution is 2.29. The van der Waals surface area contributed by atoms with Crippen molar-refractivity contribution in [1.29, 1.82) is 0 Å². The monoisotopic (exact) mass is 376 g/mol. The predicted molar refractivity (Wildman–Crippen MR) is 102 cm³/mol. The largest absolute Gasteiger partial charge is 0.496 e. The van der Waals surface area contributed by atoms with Gasteiger partial charge in [-0.15, -0.1) is 0 Å². The third-order valence-corrected chi connectivity index (χ3v) is 4.99. The summed E-state index contributed by atoms with van der Waals surface area (Å²) in [6.07, 6.45) is 0.979. The van der Waals surface area contributed by atoms with E-state index in [1.807, 2.05) is 18.2 Å². The first kappa shape index (κ1) is 18.5. The van der Waals surface area contributed by atoms with E-state index in [0.29, 0.717) is 18.2 Å². The number of hydrogen-bond acceptors (Lipinski definition) is 3. The molecule has 0 aromatic heterocycles. The van der Waals surface area contributed by atoms with Gasteiger partial charge in [0, 0.05) is 30.3 Å². The molecule has 6 heteroatoms. The van der Waals surface area contributed by atoms with Gasteiger partial charge < -0.3 is 15.0 Å². The Morgan fingerprint density at radius 2 is 2.15 bits per heavy atom. The number of methoxy groups -OCH3 is 1. The van der Waals surface area contributed by atoms with E-state index in [0.717, 1.165) is 30.2 Å². The SMILES string of the molecule is COc1ccc(F)cc1C(=O)NCC1CCN(c2cc(Cl)ccc2C)C1. The maximum Gasteiger partial charge on any atom is 0.255 e. The molecular weight excluding hydrogens is 355 g/mol. The van der Waals surface area contributed by atoms with Crippen molar-refractivity contribution in [2.45, 2.75) is 13.3 Å². The minimum atomic E-state index is -0.459. The van der Waals surface area contributed by atoms with Gasteiger partial charge in [-0.25, -0.2) is 4.39 Å². The molecule has 1 amide bonds. The molecular formula is C20H22ClFN2O2. The lowest BCUT2D eigenvalue weighted by Gasteiger charge is -2.21. The van der Waals surface area contributed by atoms with Crippen LogP contribution in [0.2, 0.25) is 5.02 Å². The third-order valence-electron chi connectivity index (χ3n) is 4.76. The second-order valence-corrected chi connectivity index (χ2v) is 7.02. The van der Waals surface area contributed by atoms with Gasteiger partial charge in [0.15, 0.2) is 0 Å². The Kier molecular flexibility index (Phi) is 5.67. The predicted octanol–water partition coefficient (Wildman–Crippen LogP) is 4.05. The van der Waals surface area contributed by atoms with Crippen LogP contribution in [0.1, 0.15) is 22.3 Å². The number of halogens is 2. The van der Waals surface area contributed by atoms with Gasteiger partial charge in [-0.05, 0) is 55.2 Å². The maximum absolute atomic E-state index is 13.4. The van der Waals surface area contributed by atoms with E-state index in [4.69, 9.17) is 16.3 Å². The maximum atomic E-state index is 13.4. The lowest BCUT2D eigenvalue weighted by Crippen LogP contribution is -2.31. The first-order valence-corrected chi connectivity index (χ1v) is 8.98. The zero-order valence-electron chi connectivity index (χ0n) is 14.9. The molecule has 0 radical (unpaired) electrons. The summed E-state index contributed by atoms with van der Waals surface area (Å²) in [6.45, 7) is 4.37. The zero-order valence-corrected chi connectivity index (χ0v) is 15.6. The molecule has 1 atom stereocenters. The molecule has 26 heavy (non-hydrogen) atoms. The summed E-state index contributed by atoms with van der Waals surface area (Å²) in [5, 5.41) is 3.63. The van der Waals surface area contributed by atoms with Crippen LogP contribution in [0, 0.1) is 18.7 Å². The van der Waals surface area contributed by atoms with E-state index in [9.17, 15) is 9.18 Å². The van der Waals surface area contributed by atoms with Crippen molar-refractivity contribution in [2.75, 3.05) is 31.6 Å². The molecule has 2 aromatic carbocycles. The highest BCUT2D eigenvalue weighted by molar-refractivity contribution is 6.30. The number of carbonyl (C=O) groups excluding carboxylic acids is 1. The minimum absolute atomic E-state index is 0.216. The summed E-state index contributed by atoms with van der Waals surface area (Å²) in [7, 11) is 1.46. The topological polar surface area (TPSA) is 41.6 Å². The average Bonchev–Trinajstić information content (AvgIpc) is 3.10. The molecule has 0 bridgehead atoms. The molecule has 1 fully saturated rings. The number of anilines is 1. The lowest BCUT2D eigenvalue weighted by molar-refractivity contribution is 0.0944. The van der Waals surface area contributed by atoms with Crippen molar-refractivity contribution in [3.63, 3.8) is 0 Å². The van der Waals surface area contributed by atoms with E-state index in [1.54, 1.807) is 0 Å². The molecule has 1 heterocycles. The van der Waals surface area contributed by atoms with E-state index in [-0.39, 0.29) is 11.5 Å². The van der Waals surface area contributed by atoms with E-state index >= 15 is 0 Å². The van der Waals surface area contributed by atoms with Crippen LogP contribution in [0.15, 0.2) is 36.4 Å². The Morgan fingerprint density at radius 1 is 1.35 bits per heavy atom. The molecule has 1 aliphatic rings. The fourth-order valence-electron chi connectivity index (χ4n) is 3.33. The highest BCUT2D eigenvalue weighted by Gasteiger charge is 2.25.